The molecule has 0 saturated heterocycles. The largest absolute Gasteiger partial charge is 0.423 e. The lowest BCUT2D eigenvalue weighted by atomic mass is 10.00. The number of allylic oxidation sites excluding steroid dienone is 1. The maximum atomic E-state index is 13.1. The number of cyclic esters (lactones) is 1. The number of carbonyl (C=O) groups is 2. The monoisotopic (exact) mass is 317 g/mol. The van der Waals surface area contributed by atoms with Crippen LogP contribution in [0.4, 0.5) is 4.39 Å². The van der Waals surface area contributed by atoms with Crippen LogP contribution in [0.2, 0.25) is 0 Å². The summed E-state index contributed by atoms with van der Waals surface area (Å²) in [5, 5.41) is 2.73. The highest BCUT2D eigenvalue weighted by Crippen LogP contribution is 2.33. The fraction of sp³-hybridized carbons (Fsp3) is 0.333. The van der Waals surface area contributed by atoms with E-state index in [1.165, 1.54) is 12.1 Å². The van der Waals surface area contributed by atoms with Gasteiger partial charge in [-0.3, -0.25) is 4.79 Å². The molecule has 0 fully saturated rings. The van der Waals surface area contributed by atoms with Crippen molar-refractivity contribution in [2.45, 2.75) is 32.6 Å². The van der Waals surface area contributed by atoms with Crippen molar-refractivity contribution in [2.24, 2.45) is 0 Å². The molecule has 0 saturated carbocycles. The molecular formula is C18H20FNO3. The highest BCUT2D eigenvalue weighted by molar-refractivity contribution is 6.07. The van der Waals surface area contributed by atoms with Gasteiger partial charge in [-0.25, -0.2) is 9.18 Å². The van der Waals surface area contributed by atoms with Gasteiger partial charge in [0.15, 0.2) is 0 Å². The standard InChI is InChI=1S/C18H20FNO3/c1-3-4-5-6-16(21)20-11-15-17(12(2)23-18(15)22)13-7-9-14(19)10-8-13/h7-10H,2-6,11H2,1H3,(H,20,21). The number of nitrogens with one attached hydrogen (secondary N) is 1. The highest BCUT2D eigenvalue weighted by atomic mass is 19.1. The fourth-order valence-corrected chi connectivity index (χ4v) is 2.42. The molecule has 0 unspecified atom stereocenters. The average molecular weight is 317 g/mol. The van der Waals surface area contributed by atoms with Crippen LogP contribution in [0, 0.1) is 5.82 Å². The van der Waals surface area contributed by atoms with Gasteiger partial charge < -0.3 is 10.1 Å². The molecule has 2 rings (SSSR count). The molecule has 1 aromatic rings. The summed E-state index contributed by atoms with van der Waals surface area (Å²) in [5.41, 5.74) is 1.49. The molecule has 0 aromatic heterocycles. The number of amides is 1. The summed E-state index contributed by atoms with van der Waals surface area (Å²) in [6, 6.07) is 5.72. The van der Waals surface area contributed by atoms with E-state index in [0.717, 1.165) is 19.3 Å². The van der Waals surface area contributed by atoms with Gasteiger partial charge in [0, 0.05) is 12.0 Å². The van der Waals surface area contributed by atoms with Crippen LogP contribution in [0.15, 0.2) is 42.2 Å². The Kier molecular flexibility index (Phi) is 5.68. The lowest BCUT2D eigenvalue weighted by Gasteiger charge is -2.07. The number of rotatable bonds is 7. The second-order valence-electron chi connectivity index (χ2n) is 5.41. The summed E-state index contributed by atoms with van der Waals surface area (Å²) in [6.45, 7) is 5.86. The van der Waals surface area contributed by atoms with Crippen LogP contribution < -0.4 is 5.32 Å². The van der Waals surface area contributed by atoms with Crippen molar-refractivity contribution in [3.8, 4) is 0 Å². The van der Waals surface area contributed by atoms with Gasteiger partial charge in [-0.05, 0) is 24.1 Å². The van der Waals surface area contributed by atoms with E-state index in [0.29, 0.717) is 23.1 Å². The molecule has 1 aliphatic heterocycles. The van der Waals surface area contributed by atoms with Gasteiger partial charge in [-0.15, -0.1) is 0 Å². The fourth-order valence-electron chi connectivity index (χ4n) is 2.42. The van der Waals surface area contributed by atoms with Crippen LogP contribution >= 0.6 is 0 Å². The Labute approximate surface area is 135 Å². The van der Waals surface area contributed by atoms with E-state index in [-0.39, 0.29) is 24.0 Å². The number of ether oxygens (including phenoxy) is 1. The van der Waals surface area contributed by atoms with E-state index in [1.54, 1.807) is 12.1 Å². The maximum Gasteiger partial charge on any atom is 0.341 e. The first-order valence-corrected chi connectivity index (χ1v) is 7.70. The number of esters is 1. The first-order valence-electron chi connectivity index (χ1n) is 7.70. The van der Waals surface area contributed by atoms with Crippen molar-refractivity contribution in [1.82, 2.24) is 5.32 Å². The zero-order chi connectivity index (χ0) is 16.8. The van der Waals surface area contributed by atoms with Crippen LogP contribution in [0.1, 0.15) is 38.2 Å². The second-order valence-corrected chi connectivity index (χ2v) is 5.41. The molecular weight excluding hydrogens is 297 g/mol. The molecule has 0 bridgehead atoms. The van der Waals surface area contributed by atoms with E-state index in [1.807, 2.05) is 0 Å². The van der Waals surface area contributed by atoms with Crippen LogP contribution in [-0.2, 0) is 14.3 Å². The van der Waals surface area contributed by atoms with E-state index < -0.39 is 5.97 Å². The van der Waals surface area contributed by atoms with E-state index >= 15 is 0 Å². The van der Waals surface area contributed by atoms with Crippen LogP contribution in [-0.4, -0.2) is 18.4 Å². The van der Waals surface area contributed by atoms with Gasteiger partial charge in [-0.2, -0.15) is 0 Å². The number of halogens is 1. The predicted octanol–water partition coefficient (Wildman–Crippen LogP) is 3.35. The van der Waals surface area contributed by atoms with Crippen LogP contribution in [0.25, 0.3) is 5.57 Å². The predicted molar refractivity (Wildman–Crippen MR) is 85.7 cm³/mol. The molecule has 1 aromatic carbocycles. The minimum atomic E-state index is -0.525. The average Bonchev–Trinajstić information content (AvgIpc) is 2.80. The summed E-state index contributed by atoms with van der Waals surface area (Å²) in [5.74, 6) is -0.772. The van der Waals surface area contributed by atoms with Crippen LogP contribution in [0.5, 0.6) is 0 Å². The van der Waals surface area contributed by atoms with Crippen molar-refractivity contribution >= 4 is 17.4 Å². The Morgan fingerprint density at radius 1 is 1.26 bits per heavy atom. The van der Waals surface area contributed by atoms with E-state index in [2.05, 4.69) is 18.8 Å². The Balaban J connectivity index is 2.12. The van der Waals surface area contributed by atoms with Gasteiger partial charge in [0.2, 0.25) is 5.91 Å². The minimum Gasteiger partial charge on any atom is -0.423 e. The Bertz CT molecular complexity index is 647. The highest BCUT2D eigenvalue weighted by Gasteiger charge is 2.29. The van der Waals surface area contributed by atoms with Crippen molar-refractivity contribution < 1.29 is 18.7 Å². The number of hydrogen-bond donors (Lipinski definition) is 1. The molecule has 5 heteroatoms. The molecule has 0 radical (unpaired) electrons. The van der Waals surface area contributed by atoms with Gasteiger partial charge in [0.25, 0.3) is 0 Å². The van der Waals surface area contributed by atoms with Crippen molar-refractivity contribution in [3.05, 3.63) is 53.6 Å². The quantitative estimate of drug-likeness (QED) is 0.620. The second kappa shape index (κ2) is 7.72. The van der Waals surface area contributed by atoms with Crippen molar-refractivity contribution in [2.75, 3.05) is 6.54 Å². The number of hydrogen-bond acceptors (Lipinski definition) is 3. The third-order valence-corrected chi connectivity index (χ3v) is 3.65. The summed E-state index contributed by atoms with van der Waals surface area (Å²) >= 11 is 0. The van der Waals surface area contributed by atoms with E-state index in [4.69, 9.17) is 4.74 Å². The first-order chi connectivity index (χ1) is 11.0. The lowest BCUT2D eigenvalue weighted by Crippen LogP contribution is -2.27. The van der Waals surface area contributed by atoms with Crippen molar-refractivity contribution in [1.29, 1.82) is 0 Å². The third-order valence-electron chi connectivity index (χ3n) is 3.65. The zero-order valence-electron chi connectivity index (χ0n) is 13.2. The first kappa shape index (κ1) is 16.9. The molecule has 0 aliphatic carbocycles. The molecule has 0 atom stereocenters. The molecule has 23 heavy (non-hydrogen) atoms. The van der Waals surface area contributed by atoms with Gasteiger partial charge in [-0.1, -0.05) is 38.5 Å². The smallest absolute Gasteiger partial charge is 0.341 e. The summed E-state index contributed by atoms with van der Waals surface area (Å²) < 4.78 is 18.1. The summed E-state index contributed by atoms with van der Waals surface area (Å²) in [4.78, 5) is 23.7. The molecule has 4 nitrogen and oxygen atoms in total. The summed E-state index contributed by atoms with van der Waals surface area (Å²) in [7, 11) is 0. The Morgan fingerprint density at radius 3 is 2.61 bits per heavy atom. The Morgan fingerprint density at radius 2 is 1.96 bits per heavy atom. The number of unbranched alkanes of at least 4 members (excludes halogenated alkanes) is 2. The summed E-state index contributed by atoms with van der Waals surface area (Å²) in [6.07, 6.45) is 3.29. The topological polar surface area (TPSA) is 55.4 Å². The SMILES string of the molecule is C=C1OC(=O)C(CNC(=O)CCCCC)=C1c1ccc(F)cc1. The third kappa shape index (κ3) is 4.28. The van der Waals surface area contributed by atoms with E-state index in [9.17, 15) is 14.0 Å². The zero-order valence-corrected chi connectivity index (χ0v) is 13.2. The Hall–Kier alpha value is -2.43. The molecule has 1 N–H and O–H groups in total. The molecule has 1 heterocycles. The van der Waals surface area contributed by atoms with Gasteiger partial charge in [0.1, 0.15) is 11.6 Å². The normalized spacial score (nSPS) is 14.2. The maximum absolute atomic E-state index is 13.1. The van der Waals surface area contributed by atoms with Gasteiger partial charge >= 0.3 is 5.97 Å². The van der Waals surface area contributed by atoms with Crippen LogP contribution in [0.3, 0.4) is 0 Å². The molecule has 0 spiro atoms. The molecule has 1 aliphatic rings. The van der Waals surface area contributed by atoms with Gasteiger partial charge in [0.05, 0.1) is 12.1 Å². The number of carbonyl (C=O) groups excluding carboxylic acids is 2. The molecule has 122 valence electrons. The lowest BCUT2D eigenvalue weighted by molar-refractivity contribution is -0.133. The number of benzene rings is 1. The molecule has 1 amide bonds. The van der Waals surface area contributed by atoms with Crippen molar-refractivity contribution in [3.63, 3.8) is 0 Å². The minimum absolute atomic E-state index is 0.0789.